The molecule has 2 aromatic rings. The van der Waals surface area contributed by atoms with Gasteiger partial charge in [0, 0.05) is 5.88 Å². The van der Waals surface area contributed by atoms with Crippen molar-refractivity contribution in [1.82, 2.24) is 5.32 Å². The molecule has 20 heavy (non-hydrogen) atoms. The monoisotopic (exact) mass is 287 g/mol. The van der Waals surface area contributed by atoms with Crippen LogP contribution in [0.15, 0.2) is 42.5 Å². The van der Waals surface area contributed by atoms with Crippen LogP contribution in [0.25, 0.3) is 10.8 Å². The van der Waals surface area contributed by atoms with Crippen LogP contribution in [-0.2, 0) is 11.2 Å². The molecule has 2 aromatic carbocycles. The molecule has 0 aliphatic heterocycles. The smallest absolute Gasteiger partial charge is 0.224 e. The molecule has 1 fully saturated rings. The van der Waals surface area contributed by atoms with E-state index in [2.05, 4.69) is 23.5 Å². The number of hydrogen-bond donors (Lipinski definition) is 1. The number of halogens is 1. The van der Waals surface area contributed by atoms with Gasteiger partial charge in [0.25, 0.3) is 0 Å². The van der Waals surface area contributed by atoms with Crippen molar-refractivity contribution >= 4 is 28.3 Å². The summed E-state index contributed by atoms with van der Waals surface area (Å²) in [5.41, 5.74) is 0.924. The Morgan fingerprint density at radius 1 is 1.15 bits per heavy atom. The Morgan fingerprint density at radius 2 is 1.90 bits per heavy atom. The number of rotatable bonds is 4. The fourth-order valence-electron chi connectivity index (χ4n) is 2.86. The van der Waals surface area contributed by atoms with Gasteiger partial charge in [-0.3, -0.25) is 4.79 Å². The highest BCUT2D eigenvalue weighted by Gasteiger charge is 2.37. The summed E-state index contributed by atoms with van der Waals surface area (Å²) in [6.45, 7) is 0. The molecule has 2 nitrogen and oxygen atoms in total. The first-order valence-corrected chi connectivity index (χ1v) is 7.60. The molecule has 1 amide bonds. The van der Waals surface area contributed by atoms with Crippen molar-refractivity contribution in [2.45, 2.75) is 31.2 Å². The van der Waals surface area contributed by atoms with Crippen molar-refractivity contribution in [3.8, 4) is 0 Å². The van der Waals surface area contributed by atoms with E-state index in [9.17, 15) is 4.79 Å². The van der Waals surface area contributed by atoms with Gasteiger partial charge >= 0.3 is 0 Å². The van der Waals surface area contributed by atoms with Crippen molar-refractivity contribution in [2.75, 3.05) is 5.88 Å². The fourth-order valence-corrected chi connectivity index (χ4v) is 3.19. The molecule has 1 saturated carbocycles. The molecule has 3 rings (SSSR count). The van der Waals surface area contributed by atoms with E-state index in [4.69, 9.17) is 11.6 Å². The standard InChI is InChI=1S/C17H18ClNO/c18-12-17(9-4-10-17)19-16(20)11-14-7-3-6-13-5-1-2-8-15(13)14/h1-3,5-8H,4,9-12H2,(H,19,20). The zero-order valence-corrected chi connectivity index (χ0v) is 12.1. The molecule has 0 unspecified atom stereocenters. The van der Waals surface area contributed by atoms with E-state index in [-0.39, 0.29) is 11.4 Å². The van der Waals surface area contributed by atoms with Gasteiger partial charge in [0.05, 0.1) is 12.0 Å². The van der Waals surface area contributed by atoms with Crippen LogP contribution in [0.5, 0.6) is 0 Å². The van der Waals surface area contributed by atoms with Crippen molar-refractivity contribution in [2.24, 2.45) is 0 Å². The van der Waals surface area contributed by atoms with E-state index in [1.54, 1.807) is 0 Å². The third kappa shape index (κ3) is 2.53. The summed E-state index contributed by atoms with van der Waals surface area (Å²) in [4.78, 5) is 12.3. The number of hydrogen-bond acceptors (Lipinski definition) is 1. The van der Waals surface area contributed by atoms with Gasteiger partial charge in [-0.25, -0.2) is 0 Å². The maximum Gasteiger partial charge on any atom is 0.224 e. The molecule has 0 bridgehead atoms. The maximum atomic E-state index is 12.3. The number of fused-ring (bicyclic) bond motifs is 1. The summed E-state index contributed by atoms with van der Waals surface area (Å²) in [5, 5.41) is 5.45. The highest BCUT2D eigenvalue weighted by molar-refractivity contribution is 6.18. The fraction of sp³-hybridized carbons (Fsp3) is 0.353. The largest absolute Gasteiger partial charge is 0.349 e. The van der Waals surface area contributed by atoms with Crippen LogP contribution < -0.4 is 5.32 Å². The lowest BCUT2D eigenvalue weighted by Gasteiger charge is -2.41. The van der Waals surface area contributed by atoms with Crippen LogP contribution in [0.2, 0.25) is 0 Å². The maximum absolute atomic E-state index is 12.3. The van der Waals surface area contributed by atoms with Gasteiger partial charge in [-0.1, -0.05) is 42.5 Å². The molecule has 1 aliphatic carbocycles. The molecular weight excluding hydrogens is 270 g/mol. The van der Waals surface area contributed by atoms with Crippen LogP contribution in [0.4, 0.5) is 0 Å². The van der Waals surface area contributed by atoms with E-state index in [1.165, 1.54) is 5.39 Å². The molecule has 0 radical (unpaired) electrons. The normalized spacial score (nSPS) is 16.6. The average molecular weight is 288 g/mol. The second-order valence-corrected chi connectivity index (χ2v) is 5.90. The van der Waals surface area contributed by atoms with Gasteiger partial charge in [-0.2, -0.15) is 0 Å². The van der Waals surface area contributed by atoms with E-state index in [1.807, 2.05) is 24.3 Å². The molecule has 1 aliphatic rings. The topological polar surface area (TPSA) is 29.1 Å². The Kier molecular flexibility index (Phi) is 3.66. The van der Waals surface area contributed by atoms with Gasteiger partial charge in [0.1, 0.15) is 0 Å². The van der Waals surface area contributed by atoms with Crippen LogP contribution in [0, 0.1) is 0 Å². The SMILES string of the molecule is O=C(Cc1cccc2ccccc12)NC1(CCl)CCC1. The molecule has 1 N–H and O–H groups in total. The number of benzene rings is 2. The molecule has 0 aromatic heterocycles. The van der Waals surface area contributed by atoms with E-state index < -0.39 is 0 Å². The Bertz CT molecular complexity index is 623. The number of carbonyl (C=O) groups excluding carboxylic acids is 1. The van der Waals surface area contributed by atoms with Gasteiger partial charge in [-0.05, 0) is 35.6 Å². The zero-order valence-electron chi connectivity index (χ0n) is 11.4. The molecular formula is C17H18ClNO. The summed E-state index contributed by atoms with van der Waals surface area (Å²) in [6, 6.07) is 14.3. The van der Waals surface area contributed by atoms with Crippen molar-refractivity contribution in [3.63, 3.8) is 0 Å². The second-order valence-electron chi connectivity index (χ2n) is 5.63. The molecule has 0 atom stereocenters. The second kappa shape index (κ2) is 5.45. The Balaban J connectivity index is 1.77. The molecule has 0 saturated heterocycles. The number of amides is 1. The first kappa shape index (κ1) is 13.4. The predicted octanol–water partition coefficient (Wildman–Crippen LogP) is 3.66. The molecule has 104 valence electrons. The zero-order chi connectivity index (χ0) is 14.0. The van der Waals surface area contributed by atoms with Crippen LogP contribution >= 0.6 is 11.6 Å². The number of nitrogens with one attached hydrogen (secondary N) is 1. The summed E-state index contributed by atoms with van der Waals surface area (Å²) >= 11 is 5.99. The highest BCUT2D eigenvalue weighted by atomic mass is 35.5. The third-order valence-electron chi connectivity index (χ3n) is 4.20. The summed E-state index contributed by atoms with van der Waals surface area (Å²) in [7, 11) is 0. The third-order valence-corrected chi connectivity index (χ3v) is 4.71. The van der Waals surface area contributed by atoms with E-state index in [0.717, 1.165) is 30.2 Å². The first-order chi connectivity index (χ1) is 9.72. The summed E-state index contributed by atoms with van der Waals surface area (Å²) in [5.74, 6) is 0.579. The van der Waals surface area contributed by atoms with Crippen molar-refractivity contribution in [3.05, 3.63) is 48.0 Å². The summed E-state index contributed by atoms with van der Waals surface area (Å²) in [6.07, 6.45) is 3.57. The van der Waals surface area contributed by atoms with E-state index >= 15 is 0 Å². The molecule has 3 heteroatoms. The lowest BCUT2D eigenvalue weighted by molar-refractivity contribution is -0.123. The van der Waals surface area contributed by atoms with Crippen LogP contribution in [0.3, 0.4) is 0 Å². The minimum absolute atomic E-state index is 0.0710. The van der Waals surface area contributed by atoms with Crippen LogP contribution in [0.1, 0.15) is 24.8 Å². The highest BCUT2D eigenvalue weighted by Crippen LogP contribution is 2.33. The van der Waals surface area contributed by atoms with E-state index in [0.29, 0.717) is 12.3 Å². The number of alkyl halides is 1. The van der Waals surface area contributed by atoms with Crippen molar-refractivity contribution < 1.29 is 4.79 Å². The van der Waals surface area contributed by atoms with Gasteiger partial charge < -0.3 is 5.32 Å². The minimum atomic E-state index is -0.150. The number of carbonyl (C=O) groups is 1. The average Bonchev–Trinajstić information content (AvgIpc) is 2.43. The first-order valence-electron chi connectivity index (χ1n) is 7.06. The van der Waals surface area contributed by atoms with Crippen molar-refractivity contribution in [1.29, 1.82) is 0 Å². The quantitative estimate of drug-likeness (QED) is 0.854. The Morgan fingerprint density at radius 3 is 2.60 bits per heavy atom. The predicted molar refractivity (Wildman–Crippen MR) is 83.1 cm³/mol. The Hall–Kier alpha value is -1.54. The van der Waals surface area contributed by atoms with Crippen LogP contribution in [-0.4, -0.2) is 17.3 Å². The summed E-state index contributed by atoms with van der Waals surface area (Å²) < 4.78 is 0. The lowest BCUT2D eigenvalue weighted by atomic mass is 9.78. The molecule has 0 spiro atoms. The van der Waals surface area contributed by atoms with Gasteiger partial charge in [-0.15, -0.1) is 11.6 Å². The lowest BCUT2D eigenvalue weighted by Crippen LogP contribution is -2.55. The Labute approximate surface area is 124 Å². The van der Waals surface area contributed by atoms with Gasteiger partial charge in [0.2, 0.25) is 5.91 Å². The molecule has 0 heterocycles. The minimum Gasteiger partial charge on any atom is -0.349 e. The van der Waals surface area contributed by atoms with Gasteiger partial charge in [0.15, 0.2) is 0 Å².